The Morgan fingerprint density at radius 2 is 1.93 bits per heavy atom. The van der Waals surface area contributed by atoms with E-state index in [2.05, 4.69) is 41.8 Å². The third-order valence-electron chi connectivity index (χ3n) is 5.14. The first kappa shape index (κ1) is 22.1. The zero-order valence-corrected chi connectivity index (χ0v) is 19.3. The maximum absolute atomic E-state index is 5.69. The summed E-state index contributed by atoms with van der Waals surface area (Å²) in [7, 11) is 3.36. The van der Waals surface area contributed by atoms with Crippen LogP contribution in [0.15, 0.2) is 53.1 Å². The molecule has 6 heteroatoms. The van der Waals surface area contributed by atoms with E-state index in [1.165, 1.54) is 12.8 Å². The fourth-order valence-corrected chi connectivity index (χ4v) is 4.52. The van der Waals surface area contributed by atoms with Gasteiger partial charge in [-0.3, -0.25) is 4.98 Å². The molecule has 160 valence electrons. The van der Waals surface area contributed by atoms with Crippen molar-refractivity contribution in [3.8, 4) is 22.8 Å². The van der Waals surface area contributed by atoms with Crippen LogP contribution in [-0.4, -0.2) is 23.8 Å². The van der Waals surface area contributed by atoms with Crippen LogP contribution in [0.25, 0.3) is 11.3 Å². The van der Waals surface area contributed by atoms with E-state index < -0.39 is 0 Å². The van der Waals surface area contributed by atoms with Crippen LogP contribution in [0.3, 0.4) is 0 Å². The summed E-state index contributed by atoms with van der Waals surface area (Å²) >= 11 is 1.64. The Bertz CT molecular complexity index is 1010. The van der Waals surface area contributed by atoms with Gasteiger partial charge in [0, 0.05) is 29.2 Å². The van der Waals surface area contributed by atoms with Gasteiger partial charge in [0.05, 0.1) is 31.8 Å². The Morgan fingerprint density at radius 1 is 1.10 bits per heavy atom. The van der Waals surface area contributed by atoms with Crippen LogP contribution >= 0.6 is 11.3 Å². The van der Waals surface area contributed by atoms with E-state index in [9.17, 15) is 0 Å². The standard InChI is InChI=1S/C24H31N3O2S/c1-17(2)8-6-9-18(3)27-22(21-12-11-20(28-4)14-23(21)29-5)16-30-24(27)26-19-10-7-13-25-15-19/h7,10-18H,6,8-9H2,1-5H3. The lowest BCUT2D eigenvalue weighted by Gasteiger charge is -2.19. The first-order chi connectivity index (χ1) is 14.5. The number of benzene rings is 1. The number of aromatic nitrogens is 2. The van der Waals surface area contributed by atoms with Crippen LogP contribution < -0.4 is 14.3 Å². The lowest BCUT2D eigenvalue weighted by molar-refractivity contribution is 0.394. The van der Waals surface area contributed by atoms with E-state index in [0.29, 0.717) is 12.0 Å². The quantitative estimate of drug-likeness (QED) is 0.407. The highest BCUT2D eigenvalue weighted by atomic mass is 32.1. The molecule has 0 bridgehead atoms. The first-order valence-corrected chi connectivity index (χ1v) is 11.3. The molecule has 2 heterocycles. The molecule has 0 spiro atoms. The molecule has 2 aromatic heterocycles. The molecule has 30 heavy (non-hydrogen) atoms. The zero-order valence-electron chi connectivity index (χ0n) is 18.5. The summed E-state index contributed by atoms with van der Waals surface area (Å²) in [6, 6.07) is 10.2. The molecule has 3 rings (SSSR count). The number of hydrogen-bond donors (Lipinski definition) is 0. The molecular formula is C24H31N3O2S. The van der Waals surface area contributed by atoms with E-state index in [-0.39, 0.29) is 0 Å². The number of methoxy groups -OCH3 is 2. The van der Waals surface area contributed by atoms with Crippen molar-refractivity contribution in [1.82, 2.24) is 9.55 Å². The lowest BCUT2D eigenvalue weighted by atomic mass is 10.0. The highest BCUT2D eigenvalue weighted by Crippen LogP contribution is 2.35. The number of thiazole rings is 1. The van der Waals surface area contributed by atoms with Gasteiger partial charge >= 0.3 is 0 Å². The summed E-state index contributed by atoms with van der Waals surface area (Å²) in [5, 5.41) is 2.17. The van der Waals surface area contributed by atoms with E-state index in [0.717, 1.165) is 39.7 Å². The SMILES string of the molecule is COc1ccc(-c2csc(=Nc3cccnc3)n2C(C)CCCC(C)C)c(OC)c1. The Hall–Kier alpha value is -2.60. The van der Waals surface area contributed by atoms with Crippen LogP contribution in [-0.2, 0) is 0 Å². The number of hydrogen-bond acceptors (Lipinski definition) is 5. The average Bonchev–Trinajstić information content (AvgIpc) is 3.16. The highest BCUT2D eigenvalue weighted by molar-refractivity contribution is 7.07. The van der Waals surface area contributed by atoms with Crippen LogP contribution in [0.5, 0.6) is 11.5 Å². The average molecular weight is 426 g/mol. The highest BCUT2D eigenvalue weighted by Gasteiger charge is 2.18. The number of pyridine rings is 1. The Labute approximate surface area is 183 Å². The number of ether oxygens (including phenoxy) is 2. The molecule has 0 amide bonds. The Balaban J connectivity index is 2.08. The summed E-state index contributed by atoms with van der Waals surface area (Å²) in [6.45, 7) is 6.83. The van der Waals surface area contributed by atoms with Crippen molar-refractivity contribution in [2.45, 2.75) is 46.1 Å². The van der Waals surface area contributed by atoms with E-state index in [1.54, 1.807) is 38.0 Å². The van der Waals surface area contributed by atoms with E-state index >= 15 is 0 Å². The number of rotatable bonds is 9. The molecule has 0 saturated heterocycles. The Kier molecular flexibility index (Phi) is 7.69. The van der Waals surface area contributed by atoms with Crippen molar-refractivity contribution in [3.05, 3.63) is 52.9 Å². The summed E-state index contributed by atoms with van der Waals surface area (Å²) in [6.07, 6.45) is 7.07. The molecule has 5 nitrogen and oxygen atoms in total. The van der Waals surface area contributed by atoms with Crippen molar-refractivity contribution >= 4 is 17.0 Å². The minimum Gasteiger partial charge on any atom is -0.497 e. The normalized spacial score (nSPS) is 12.9. The lowest BCUT2D eigenvalue weighted by Crippen LogP contribution is -2.20. The van der Waals surface area contributed by atoms with Crippen LogP contribution in [0.2, 0.25) is 0 Å². The molecule has 0 aliphatic carbocycles. The predicted molar refractivity (Wildman–Crippen MR) is 124 cm³/mol. The molecule has 0 saturated carbocycles. The van der Waals surface area contributed by atoms with Crippen molar-refractivity contribution in [1.29, 1.82) is 0 Å². The molecule has 0 fully saturated rings. The second kappa shape index (κ2) is 10.4. The molecule has 0 aliphatic rings. The minimum absolute atomic E-state index is 0.312. The summed E-state index contributed by atoms with van der Waals surface area (Å²) < 4.78 is 13.4. The fourth-order valence-electron chi connectivity index (χ4n) is 3.52. The molecule has 1 unspecified atom stereocenters. The van der Waals surface area contributed by atoms with Gasteiger partial charge in [0.1, 0.15) is 11.5 Å². The molecule has 1 atom stereocenters. The van der Waals surface area contributed by atoms with Gasteiger partial charge in [0.2, 0.25) is 0 Å². The molecule has 1 aromatic carbocycles. The second-order valence-corrected chi connectivity index (χ2v) is 8.67. The summed E-state index contributed by atoms with van der Waals surface area (Å²) in [4.78, 5) is 10.1. The first-order valence-electron chi connectivity index (χ1n) is 10.4. The van der Waals surface area contributed by atoms with Gasteiger partial charge in [0.15, 0.2) is 4.80 Å². The largest absolute Gasteiger partial charge is 0.497 e. The van der Waals surface area contributed by atoms with Crippen LogP contribution in [0.1, 0.15) is 46.1 Å². The van der Waals surface area contributed by atoms with Crippen molar-refractivity contribution in [3.63, 3.8) is 0 Å². The van der Waals surface area contributed by atoms with Crippen molar-refractivity contribution in [2.24, 2.45) is 10.9 Å². The summed E-state index contributed by atoms with van der Waals surface area (Å²) in [5.41, 5.74) is 3.01. The van der Waals surface area contributed by atoms with Gasteiger partial charge in [-0.2, -0.15) is 0 Å². The predicted octanol–water partition coefficient (Wildman–Crippen LogP) is 6.25. The maximum atomic E-state index is 5.69. The van der Waals surface area contributed by atoms with Gasteiger partial charge in [-0.15, -0.1) is 11.3 Å². The van der Waals surface area contributed by atoms with Crippen LogP contribution in [0.4, 0.5) is 5.69 Å². The van der Waals surface area contributed by atoms with Gasteiger partial charge in [-0.05, 0) is 43.5 Å². The van der Waals surface area contributed by atoms with Gasteiger partial charge in [-0.1, -0.05) is 26.7 Å². The minimum atomic E-state index is 0.312. The van der Waals surface area contributed by atoms with Crippen molar-refractivity contribution in [2.75, 3.05) is 14.2 Å². The van der Waals surface area contributed by atoms with Gasteiger partial charge < -0.3 is 14.0 Å². The van der Waals surface area contributed by atoms with Crippen molar-refractivity contribution < 1.29 is 9.47 Å². The molecule has 0 N–H and O–H groups in total. The Morgan fingerprint density at radius 3 is 2.60 bits per heavy atom. The topological polar surface area (TPSA) is 48.6 Å². The molecular weight excluding hydrogens is 394 g/mol. The third-order valence-corrected chi connectivity index (χ3v) is 5.98. The smallest absolute Gasteiger partial charge is 0.190 e. The molecule has 0 aliphatic heterocycles. The second-order valence-electron chi connectivity index (χ2n) is 7.84. The number of nitrogens with zero attached hydrogens (tertiary/aromatic N) is 3. The van der Waals surface area contributed by atoms with Gasteiger partial charge in [-0.25, -0.2) is 4.99 Å². The maximum Gasteiger partial charge on any atom is 0.190 e. The zero-order chi connectivity index (χ0) is 21.5. The summed E-state index contributed by atoms with van der Waals surface area (Å²) in [5.74, 6) is 2.29. The fraction of sp³-hybridized carbons (Fsp3) is 0.417. The van der Waals surface area contributed by atoms with Crippen LogP contribution in [0, 0.1) is 5.92 Å². The third kappa shape index (κ3) is 5.30. The monoisotopic (exact) mass is 425 g/mol. The van der Waals surface area contributed by atoms with E-state index in [4.69, 9.17) is 14.5 Å². The molecule has 3 aromatic rings. The van der Waals surface area contributed by atoms with Gasteiger partial charge in [0.25, 0.3) is 0 Å². The molecule has 0 radical (unpaired) electrons. The van der Waals surface area contributed by atoms with E-state index in [1.807, 2.05) is 24.3 Å².